The van der Waals surface area contributed by atoms with Crippen molar-refractivity contribution in [2.24, 2.45) is 0 Å². The van der Waals surface area contributed by atoms with Gasteiger partial charge < -0.3 is 0 Å². The number of carbonyl (C=O) groups is 1. The molecule has 0 aromatic rings. The Labute approximate surface area is 65.0 Å². The van der Waals surface area contributed by atoms with Crippen LogP contribution in [0.4, 0.5) is 0 Å². The van der Waals surface area contributed by atoms with E-state index in [-0.39, 0.29) is 10.1 Å². The minimum Gasteiger partial charge on any atom is -0.298 e. The fraction of sp³-hybridized carbons (Fsp3) is 0.857. The molecule has 54 valence electrons. The van der Waals surface area contributed by atoms with E-state index in [1.807, 2.05) is 6.92 Å². The molecule has 0 spiro atoms. The quantitative estimate of drug-likeness (QED) is 0.629. The van der Waals surface area contributed by atoms with Gasteiger partial charge in [0.15, 0.2) is 0 Å². The molecule has 1 atom stereocenters. The molecule has 0 radical (unpaired) electrons. The monoisotopic (exact) mass is 192 g/mol. The van der Waals surface area contributed by atoms with Gasteiger partial charge in [-0.05, 0) is 20.3 Å². The maximum absolute atomic E-state index is 10.8. The van der Waals surface area contributed by atoms with Gasteiger partial charge in [-0.15, -0.1) is 0 Å². The average Bonchev–Trinajstić information content (AvgIpc) is 1.65. The van der Waals surface area contributed by atoms with Gasteiger partial charge in [0, 0.05) is 0 Å². The third-order valence-electron chi connectivity index (χ3n) is 1.45. The van der Waals surface area contributed by atoms with Crippen LogP contribution in [0.1, 0.15) is 33.6 Å². The van der Waals surface area contributed by atoms with Crippen molar-refractivity contribution >= 4 is 21.7 Å². The largest absolute Gasteiger partial charge is 0.298 e. The fourth-order valence-corrected chi connectivity index (χ4v) is 1.04. The molecule has 0 aliphatic heterocycles. The average molecular weight is 193 g/mol. The molecule has 0 saturated carbocycles. The third-order valence-corrected chi connectivity index (χ3v) is 2.41. The normalized spacial score (nSPS) is 16.9. The van der Waals surface area contributed by atoms with Crippen molar-refractivity contribution in [3.05, 3.63) is 0 Å². The van der Waals surface area contributed by atoms with Crippen LogP contribution >= 0.6 is 15.9 Å². The van der Waals surface area contributed by atoms with Crippen molar-refractivity contribution in [2.75, 3.05) is 0 Å². The van der Waals surface area contributed by atoms with Gasteiger partial charge in [-0.25, -0.2) is 0 Å². The molecule has 0 rings (SSSR count). The van der Waals surface area contributed by atoms with Crippen LogP contribution in [0, 0.1) is 0 Å². The number of carbonyl (C=O) groups excluding carboxylic acids is 1. The summed E-state index contributed by atoms with van der Waals surface area (Å²) >= 11 is 3.36. The number of rotatable bonds is 3. The van der Waals surface area contributed by atoms with Crippen LogP contribution in [0.25, 0.3) is 0 Å². The van der Waals surface area contributed by atoms with Crippen molar-refractivity contribution in [3.63, 3.8) is 0 Å². The van der Waals surface area contributed by atoms with Gasteiger partial charge in [0.1, 0.15) is 5.78 Å². The standard InChI is InChI=1S/C7H13BrO/c1-4-5-7(3,8)6(2)9/h4-5H2,1-3H3. The number of hydrogen-bond acceptors (Lipinski definition) is 1. The van der Waals surface area contributed by atoms with Gasteiger partial charge >= 0.3 is 0 Å². The summed E-state index contributed by atoms with van der Waals surface area (Å²) in [5, 5.41) is 0. The minimum absolute atomic E-state index is 0.212. The highest BCUT2D eigenvalue weighted by atomic mass is 79.9. The molecule has 0 N–H and O–H groups in total. The summed E-state index contributed by atoms with van der Waals surface area (Å²) in [6.45, 7) is 5.60. The van der Waals surface area contributed by atoms with Crippen LogP contribution in [0.3, 0.4) is 0 Å². The van der Waals surface area contributed by atoms with Gasteiger partial charge in [0.05, 0.1) is 4.32 Å². The second-order valence-electron chi connectivity index (χ2n) is 2.50. The molecule has 0 amide bonds. The molecule has 1 nitrogen and oxygen atoms in total. The van der Waals surface area contributed by atoms with E-state index in [1.54, 1.807) is 6.92 Å². The van der Waals surface area contributed by atoms with Gasteiger partial charge in [-0.1, -0.05) is 29.3 Å². The van der Waals surface area contributed by atoms with E-state index in [0.717, 1.165) is 12.8 Å². The van der Waals surface area contributed by atoms with Gasteiger partial charge in [0.2, 0.25) is 0 Å². The fourth-order valence-electron chi connectivity index (χ4n) is 0.646. The second kappa shape index (κ2) is 3.35. The van der Waals surface area contributed by atoms with Crippen LogP contribution in [0.2, 0.25) is 0 Å². The summed E-state index contributed by atoms with van der Waals surface area (Å²) in [5.74, 6) is 0.212. The first-order valence-electron chi connectivity index (χ1n) is 3.20. The summed E-state index contributed by atoms with van der Waals surface area (Å²) in [6.07, 6.45) is 1.96. The molecule has 9 heavy (non-hydrogen) atoms. The van der Waals surface area contributed by atoms with E-state index in [0.29, 0.717) is 0 Å². The molecule has 0 aromatic carbocycles. The lowest BCUT2D eigenvalue weighted by Crippen LogP contribution is -2.24. The van der Waals surface area contributed by atoms with Crippen molar-refractivity contribution in [3.8, 4) is 0 Å². The van der Waals surface area contributed by atoms with Crippen molar-refractivity contribution in [2.45, 2.75) is 37.9 Å². The second-order valence-corrected chi connectivity index (χ2v) is 4.25. The lowest BCUT2D eigenvalue weighted by Gasteiger charge is -2.16. The van der Waals surface area contributed by atoms with Gasteiger partial charge in [-0.3, -0.25) is 4.79 Å². The SMILES string of the molecule is CCCC(C)(Br)C(C)=O. The summed E-state index contributed by atoms with van der Waals surface area (Å²) in [4.78, 5) is 10.8. The predicted octanol–water partition coefficient (Wildman–Crippen LogP) is 2.53. The summed E-state index contributed by atoms with van der Waals surface area (Å²) < 4.78 is -0.276. The molecule has 0 heterocycles. The molecule has 0 fully saturated rings. The van der Waals surface area contributed by atoms with Crippen molar-refractivity contribution in [1.29, 1.82) is 0 Å². The smallest absolute Gasteiger partial charge is 0.146 e. The zero-order chi connectivity index (χ0) is 7.49. The van der Waals surface area contributed by atoms with E-state index < -0.39 is 0 Å². The van der Waals surface area contributed by atoms with Crippen LogP contribution in [0.15, 0.2) is 0 Å². The lowest BCUT2D eigenvalue weighted by molar-refractivity contribution is -0.118. The molecular weight excluding hydrogens is 180 g/mol. The van der Waals surface area contributed by atoms with Crippen LogP contribution in [-0.4, -0.2) is 10.1 Å². The first-order chi connectivity index (χ1) is 4.00. The molecule has 0 aromatic heterocycles. The molecule has 0 saturated heterocycles. The Balaban J connectivity index is 3.85. The van der Waals surface area contributed by atoms with E-state index in [9.17, 15) is 4.79 Å². The molecule has 1 unspecified atom stereocenters. The number of ketones is 1. The Morgan fingerprint density at radius 3 is 2.22 bits per heavy atom. The van der Waals surface area contributed by atoms with Gasteiger partial charge in [-0.2, -0.15) is 0 Å². The molecule has 0 aliphatic rings. The first kappa shape index (κ1) is 9.15. The Bertz CT molecular complexity index is 107. The predicted molar refractivity (Wildman–Crippen MR) is 42.9 cm³/mol. The number of alkyl halides is 1. The first-order valence-corrected chi connectivity index (χ1v) is 4.00. The maximum atomic E-state index is 10.8. The summed E-state index contributed by atoms with van der Waals surface area (Å²) in [6, 6.07) is 0. The third kappa shape index (κ3) is 2.99. The summed E-state index contributed by atoms with van der Waals surface area (Å²) in [5.41, 5.74) is 0. The van der Waals surface area contributed by atoms with E-state index in [1.165, 1.54) is 0 Å². The Hall–Kier alpha value is 0.150. The Morgan fingerprint density at radius 2 is 2.11 bits per heavy atom. The van der Waals surface area contributed by atoms with E-state index in [4.69, 9.17) is 0 Å². The zero-order valence-corrected chi connectivity index (χ0v) is 7.79. The van der Waals surface area contributed by atoms with Gasteiger partial charge in [0.25, 0.3) is 0 Å². The van der Waals surface area contributed by atoms with Crippen LogP contribution < -0.4 is 0 Å². The number of Topliss-reactive ketones (excluding diaryl/α,β-unsaturated/α-hetero) is 1. The summed E-state index contributed by atoms with van der Waals surface area (Å²) in [7, 11) is 0. The molecule has 2 heteroatoms. The highest BCUT2D eigenvalue weighted by molar-refractivity contribution is 9.10. The van der Waals surface area contributed by atoms with Crippen LogP contribution in [-0.2, 0) is 4.79 Å². The lowest BCUT2D eigenvalue weighted by atomic mass is 10.0. The van der Waals surface area contributed by atoms with Crippen molar-refractivity contribution < 1.29 is 4.79 Å². The molecule has 0 aliphatic carbocycles. The maximum Gasteiger partial charge on any atom is 0.146 e. The number of halogens is 1. The Morgan fingerprint density at radius 1 is 1.67 bits per heavy atom. The minimum atomic E-state index is -0.276. The van der Waals surface area contributed by atoms with E-state index >= 15 is 0 Å². The van der Waals surface area contributed by atoms with Crippen molar-refractivity contribution in [1.82, 2.24) is 0 Å². The topological polar surface area (TPSA) is 17.1 Å². The number of hydrogen-bond donors (Lipinski definition) is 0. The molecular formula is C7H13BrO. The zero-order valence-electron chi connectivity index (χ0n) is 6.20. The highest BCUT2D eigenvalue weighted by Crippen LogP contribution is 2.23. The Kier molecular flexibility index (Phi) is 3.41. The van der Waals surface area contributed by atoms with Crippen LogP contribution in [0.5, 0.6) is 0 Å². The molecule has 0 bridgehead atoms. The highest BCUT2D eigenvalue weighted by Gasteiger charge is 2.23. The van der Waals surface area contributed by atoms with E-state index in [2.05, 4.69) is 22.9 Å².